The van der Waals surface area contributed by atoms with E-state index >= 15 is 0 Å². The van der Waals surface area contributed by atoms with Gasteiger partial charge in [0.25, 0.3) is 0 Å². The normalized spacial score (nSPS) is 17.5. The van der Waals surface area contributed by atoms with Gasteiger partial charge in [-0.05, 0) is 11.4 Å². The van der Waals surface area contributed by atoms with Crippen molar-refractivity contribution in [1.29, 1.82) is 0 Å². The summed E-state index contributed by atoms with van der Waals surface area (Å²) in [5, 5.41) is 5.42. The van der Waals surface area contributed by atoms with Crippen molar-refractivity contribution in [2.45, 2.75) is 19.1 Å². The lowest BCUT2D eigenvalue weighted by Gasteiger charge is -2.18. The standard InChI is InChI=1S/C15H16ClN3O2S/c16-13-9-17-5-3-14(13)21-11-4-6-19(10-11)15(20)18-8-12-2-1-7-22-12/h1-3,5,7,9,11H,4,6,8,10H2,(H,18,20)/t11-/m1/s1. The number of thiophene rings is 1. The van der Waals surface area contributed by atoms with Crippen LogP contribution in [0.5, 0.6) is 5.75 Å². The second-order valence-corrected chi connectivity index (χ2v) is 6.46. The Kier molecular flexibility index (Phi) is 4.80. The van der Waals surface area contributed by atoms with E-state index in [2.05, 4.69) is 10.3 Å². The Balaban J connectivity index is 1.49. The second-order valence-electron chi connectivity index (χ2n) is 5.02. The topological polar surface area (TPSA) is 54.5 Å². The molecule has 7 heteroatoms. The minimum Gasteiger partial charge on any atom is -0.487 e. The third-order valence-corrected chi connectivity index (χ3v) is 4.62. The number of likely N-dealkylation sites (tertiary alicyclic amines) is 1. The number of halogens is 1. The van der Waals surface area contributed by atoms with E-state index < -0.39 is 0 Å². The zero-order valence-electron chi connectivity index (χ0n) is 11.9. The highest BCUT2D eigenvalue weighted by molar-refractivity contribution is 7.09. The first kappa shape index (κ1) is 15.1. The molecule has 1 atom stereocenters. The Morgan fingerprint density at radius 2 is 2.45 bits per heavy atom. The number of rotatable bonds is 4. The number of amides is 2. The van der Waals surface area contributed by atoms with Gasteiger partial charge in [-0.1, -0.05) is 17.7 Å². The van der Waals surface area contributed by atoms with Gasteiger partial charge in [0.15, 0.2) is 0 Å². The molecule has 3 rings (SSSR count). The Bertz CT molecular complexity index is 635. The van der Waals surface area contributed by atoms with Gasteiger partial charge in [-0.2, -0.15) is 0 Å². The summed E-state index contributed by atoms with van der Waals surface area (Å²) in [7, 11) is 0. The molecule has 2 aromatic heterocycles. The number of urea groups is 1. The van der Waals surface area contributed by atoms with Gasteiger partial charge >= 0.3 is 6.03 Å². The molecule has 0 saturated carbocycles. The minimum atomic E-state index is -0.0553. The van der Waals surface area contributed by atoms with Crippen LogP contribution >= 0.6 is 22.9 Å². The number of aromatic nitrogens is 1. The Morgan fingerprint density at radius 1 is 1.55 bits per heavy atom. The van der Waals surface area contributed by atoms with Crippen molar-refractivity contribution in [3.63, 3.8) is 0 Å². The molecule has 0 radical (unpaired) electrons. The van der Waals surface area contributed by atoms with Crippen molar-refractivity contribution >= 4 is 29.0 Å². The van der Waals surface area contributed by atoms with Crippen LogP contribution in [0, 0.1) is 0 Å². The summed E-state index contributed by atoms with van der Waals surface area (Å²) >= 11 is 7.66. The molecule has 116 valence electrons. The second kappa shape index (κ2) is 6.98. The molecule has 0 bridgehead atoms. The van der Waals surface area contributed by atoms with Crippen LogP contribution in [0.1, 0.15) is 11.3 Å². The van der Waals surface area contributed by atoms with Crippen LogP contribution in [0.3, 0.4) is 0 Å². The average molecular weight is 338 g/mol. The van der Waals surface area contributed by atoms with Crippen molar-refractivity contribution in [2.75, 3.05) is 13.1 Å². The fourth-order valence-corrected chi connectivity index (χ4v) is 3.14. The molecule has 1 aliphatic rings. The molecule has 1 N–H and O–H groups in total. The molecule has 1 aliphatic heterocycles. The molecule has 0 unspecified atom stereocenters. The summed E-state index contributed by atoms with van der Waals surface area (Å²) in [6.07, 6.45) is 3.96. The maximum atomic E-state index is 12.1. The van der Waals surface area contributed by atoms with Gasteiger partial charge in [0.05, 0.1) is 13.1 Å². The SMILES string of the molecule is O=C(NCc1cccs1)N1CC[C@@H](Oc2ccncc2Cl)C1. The van der Waals surface area contributed by atoms with Crippen molar-refractivity contribution in [2.24, 2.45) is 0 Å². The van der Waals surface area contributed by atoms with Gasteiger partial charge in [-0.3, -0.25) is 4.98 Å². The van der Waals surface area contributed by atoms with Crippen molar-refractivity contribution in [1.82, 2.24) is 15.2 Å². The summed E-state index contributed by atoms with van der Waals surface area (Å²) in [5.41, 5.74) is 0. The number of carbonyl (C=O) groups is 1. The summed E-state index contributed by atoms with van der Waals surface area (Å²) in [6, 6.07) is 5.67. The van der Waals surface area contributed by atoms with Crippen molar-refractivity contribution < 1.29 is 9.53 Å². The molecule has 22 heavy (non-hydrogen) atoms. The van der Waals surface area contributed by atoms with Gasteiger partial charge in [0.2, 0.25) is 0 Å². The van der Waals surface area contributed by atoms with E-state index in [0.29, 0.717) is 30.4 Å². The highest BCUT2D eigenvalue weighted by Crippen LogP contribution is 2.25. The van der Waals surface area contributed by atoms with E-state index in [4.69, 9.17) is 16.3 Å². The third kappa shape index (κ3) is 3.69. The van der Waals surface area contributed by atoms with E-state index in [1.54, 1.807) is 34.7 Å². The van der Waals surface area contributed by atoms with Crippen LogP contribution in [0.15, 0.2) is 36.0 Å². The number of nitrogens with one attached hydrogen (secondary N) is 1. The largest absolute Gasteiger partial charge is 0.487 e. The van der Waals surface area contributed by atoms with Crippen molar-refractivity contribution in [3.8, 4) is 5.75 Å². The van der Waals surface area contributed by atoms with E-state index in [-0.39, 0.29) is 12.1 Å². The number of hydrogen-bond acceptors (Lipinski definition) is 4. The highest BCUT2D eigenvalue weighted by atomic mass is 35.5. The van der Waals surface area contributed by atoms with Crippen molar-refractivity contribution in [3.05, 3.63) is 45.9 Å². The molecule has 3 heterocycles. The van der Waals surface area contributed by atoms with Gasteiger partial charge in [0.1, 0.15) is 16.9 Å². The van der Waals surface area contributed by atoms with E-state index in [1.165, 1.54) is 0 Å². The van der Waals surface area contributed by atoms with E-state index in [1.807, 2.05) is 17.5 Å². The highest BCUT2D eigenvalue weighted by Gasteiger charge is 2.27. The first-order chi connectivity index (χ1) is 10.7. The maximum absolute atomic E-state index is 12.1. The summed E-state index contributed by atoms with van der Waals surface area (Å²) in [6.45, 7) is 1.81. The Labute approximate surface area is 137 Å². The van der Waals surface area contributed by atoms with Crippen LogP contribution < -0.4 is 10.1 Å². The molecule has 2 amide bonds. The van der Waals surface area contributed by atoms with Gasteiger partial charge in [0, 0.05) is 36.3 Å². The number of carbonyl (C=O) groups excluding carboxylic acids is 1. The van der Waals surface area contributed by atoms with Gasteiger partial charge < -0.3 is 15.0 Å². The summed E-state index contributed by atoms with van der Waals surface area (Å²) in [4.78, 5) is 19.0. The van der Waals surface area contributed by atoms with Crippen LogP contribution in [0.25, 0.3) is 0 Å². The first-order valence-electron chi connectivity index (χ1n) is 7.03. The Hall–Kier alpha value is -1.79. The van der Waals surface area contributed by atoms with Crippen LogP contribution in [0.2, 0.25) is 5.02 Å². The molecule has 5 nitrogen and oxygen atoms in total. The predicted octanol–water partition coefficient (Wildman–Crippen LogP) is 3.16. The zero-order chi connectivity index (χ0) is 15.4. The minimum absolute atomic E-state index is 0.0348. The number of ether oxygens (including phenoxy) is 1. The van der Waals surface area contributed by atoms with Crippen LogP contribution in [0.4, 0.5) is 4.79 Å². The molecular formula is C15H16ClN3O2S. The zero-order valence-corrected chi connectivity index (χ0v) is 13.4. The average Bonchev–Trinajstić information content (AvgIpc) is 3.19. The molecule has 2 aromatic rings. The smallest absolute Gasteiger partial charge is 0.317 e. The van der Waals surface area contributed by atoms with Crippen LogP contribution in [-0.2, 0) is 6.54 Å². The maximum Gasteiger partial charge on any atom is 0.317 e. The third-order valence-electron chi connectivity index (χ3n) is 3.46. The van der Waals surface area contributed by atoms with Gasteiger partial charge in [-0.15, -0.1) is 11.3 Å². The molecule has 0 aliphatic carbocycles. The van der Waals surface area contributed by atoms with E-state index in [0.717, 1.165) is 11.3 Å². The van der Waals surface area contributed by atoms with Crippen LogP contribution in [-0.4, -0.2) is 35.1 Å². The number of hydrogen-bond donors (Lipinski definition) is 1. The monoisotopic (exact) mass is 337 g/mol. The summed E-state index contributed by atoms with van der Waals surface area (Å²) < 4.78 is 5.85. The lowest BCUT2D eigenvalue weighted by atomic mass is 10.3. The quantitative estimate of drug-likeness (QED) is 0.932. The fraction of sp³-hybridized carbons (Fsp3) is 0.333. The number of nitrogens with zero attached hydrogens (tertiary/aromatic N) is 2. The molecule has 1 saturated heterocycles. The molecule has 0 aromatic carbocycles. The number of pyridine rings is 1. The lowest BCUT2D eigenvalue weighted by Crippen LogP contribution is -2.38. The molecular weight excluding hydrogens is 322 g/mol. The van der Waals surface area contributed by atoms with E-state index in [9.17, 15) is 4.79 Å². The molecule has 1 fully saturated rings. The fourth-order valence-electron chi connectivity index (χ4n) is 2.33. The first-order valence-corrected chi connectivity index (χ1v) is 8.29. The van der Waals surface area contributed by atoms with Gasteiger partial charge in [-0.25, -0.2) is 4.79 Å². The summed E-state index contributed by atoms with van der Waals surface area (Å²) in [5.74, 6) is 0.613. The lowest BCUT2D eigenvalue weighted by molar-refractivity contribution is 0.186. The molecule has 0 spiro atoms. The predicted molar refractivity (Wildman–Crippen MR) is 86.4 cm³/mol. The Morgan fingerprint density at radius 3 is 3.23 bits per heavy atom.